The number of unbranched alkanes of at least 4 members (excludes halogenated alkanes) is 1. The van der Waals surface area contributed by atoms with E-state index in [2.05, 4.69) is 58.4 Å². The molecule has 0 bridgehead atoms. The molecule has 0 aliphatic carbocycles. The van der Waals surface area contributed by atoms with Gasteiger partial charge in [0.2, 0.25) is 0 Å². The lowest BCUT2D eigenvalue weighted by molar-refractivity contribution is -0.146. The molecule has 1 amide bonds. The average Bonchev–Trinajstić information content (AvgIpc) is 3.79. The number of carbonyl (C=O) groups excluding carboxylic acids is 2. The fourth-order valence-electron chi connectivity index (χ4n) is 8.32. The first kappa shape index (κ1) is 36.9. The van der Waals surface area contributed by atoms with Gasteiger partial charge < -0.3 is 24.2 Å². The summed E-state index contributed by atoms with van der Waals surface area (Å²) in [6, 6.07) is 24.2. The van der Waals surface area contributed by atoms with Crippen molar-refractivity contribution in [2.24, 2.45) is 5.92 Å². The Bertz CT molecular complexity index is 1840. The first-order chi connectivity index (χ1) is 24.5. The van der Waals surface area contributed by atoms with Gasteiger partial charge in [0.1, 0.15) is 5.75 Å². The van der Waals surface area contributed by atoms with Crippen LogP contribution in [0.1, 0.15) is 55.3 Å². The number of fused-ring (bicyclic) bond motifs is 2. The van der Waals surface area contributed by atoms with Gasteiger partial charge in [0.15, 0.2) is 5.60 Å². The van der Waals surface area contributed by atoms with Crippen LogP contribution < -0.4 is 14.8 Å². The van der Waals surface area contributed by atoms with E-state index < -0.39 is 13.7 Å². The highest BCUT2D eigenvalue weighted by molar-refractivity contribution is 9.10. The Morgan fingerprint density at radius 1 is 1.06 bits per heavy atom. The highest BCUT2D eigenvalue weighted by Crippen LogP contribution is 2.60. The van der Waals surface area contributed by atoms with Crippen molar-refractivity contribution in [1.29, 1.82) is 0 Å². The lowest BCUT2D eigenvalue weighted by Gasteiger charge is -2.37. The van der Waals surface area contributed by atoms with Crippen molar-refractivity contribution in [3.63, 3.8) is 0 Å². The van der Waals surface area contributed by atoms with Crippen LogP contribution in [0.2, 0.25) is 18.6 Å². The number of amides is 1. The molecule has 1 aromatic heterocycles. The van der Waals surface area contributed by atoms with Crippen LogP contribution in [0.5, 0.6) is 5.75 Å². The Morgan fingerprint density at radius 3 is 2.49 bits per heavy atom. The van der Waals surface area contributed by atoms with Gasteiger partial charge in [-0.15, -0.1) is 5.10 Å². The number of anilines is 1. The van der Waals surface area contributed by atoms with Crippen molar-refractivity contribution in [3.05, 3.63) is 100 Å². The summed E-state index contributed by atoms with van der Waals surface area (Å²) in [4.78, 5) is 28.6. The fourth-order valence-corrected chi connectivity index (χ4v) is 12.7. The third-order valence-corrected chi connectivity index (χ3v) is 15.8. The molecule has 3 heterocycles. The first-order valence-corrected chi connectivity index (χ1v) is 21.5. The Balaban J connectivity index is 1.33. The van der Waals surface area contributed by atoms with Gasteiger partial charge in [0, 0.05) is 41.7 Å². The number of aliphatic hydroxyl groups is 1. The molecular weight excluding hydrogens is 728 g/mol. The van der Waals surface area contributed by atoms with Crippen molar-refractivity contribution in [3.8, 4) is 5.75 Å². The molecule has 0 saturated carbocycles. The number of ether oxygens (including phenoxy) is 3. The molecule has 270 valence electrons. The van der Waals surface area contributed by atoms with E-state index in [-0.39, 0.29) is 42.0 Å². The van der Waals surface area contributed by atoms with E-state index in [4.69, 9.17) is 14.2 Å². The van der Waals surface area contributed by atoms with E-state index in [1.807, 2.05) is 76.4 Å². The minimum Gasteiger partial charge on any atom is -0.497 e. The number of hydrogen-bond donors (Lipinski definition) is 1. The van der Waals surface area contributed by atoms with E-state index >= 15 is 0 Å². The zero-order chi connectivity index (χ0) is 36.3. The Kier molecular flexibility index (Phi) is 11.2. The molecule has 10 nitrogen and oxygen atoms in total. The second-order valence-electron chi connectivity index (χ2n) is 14.1. The Morgan fingerprint density at radius 2 is 1.80 bits per heavy atom. The van der Waals surface area contributed by atoms with Crippen molar-refractivity contribution < 1.29 is 28.9 Å². The number of methoxy groups -OCH3 is 2. The molecule has 2 aliphatic rings. The van der Waals surface area contributed by atoms with E-state index in [0.29, 0.717) is 44.5 Å². The number of aliphatic hydroxyl groups excluding tert-OH is 1. The van der Waals surface area contributed by atoms with Crippen LogP contribution in [-0.2, 0) is 31.2 Å². The first-order valence-electron chi connectivity index (χ1n) is 17.6. The molecule has 1 spiro atoms. The molecule has 1 N–H and O–H groups in total. The molecule has 5 atom stereocenters. The van der Waals surface area contributed by atoms with Crippen LogP contribution in [0.3, 0.4) is 0 Å². The summed E-state index contributed by atoms with van der Waals surface area (Å²) in [7, 11) is 0.736. The molecule has 12 heteroatoms. The number of halogens is 1. The molecule has 2 aliphatic heterocycles. The zero-order valence-electron chi connectivity index (χ0n) is 29.9. The van der Waals surface area contributed by atoms with Crippen LogP contribution in [-0.4, -0.2) is 73.5 Å². The molecule has 3 aromatic carbocycles. The zero-order valence-corrected chi connectivity index (χ0v) is 32.5. The summed E-state index contributed by atoms with van der Waals surface area (Å²) in [5.41, 5.74) is 2.32. The molecule has 6 rings (SSSR count). The average molecular weight is 776 g/mol. The standard InChI is InChI=1S/C39H47BrN4O6Si/c1-26-37(51(4,5)30-17-15-29(48-2)16-18-30)35(20-22-43-24-33(41-42-43)31(25-45)27-11-7-6-8-12-27)50-39(26)32-23-28(40)14-19-34(32)44(38(39)47)21-10-9-13-36(46)49-3/h6-8,11-12,14-19,23-24,26,31,35,37,45H,9-10,13,20-22,25H2,1-5H3/t26-,31?,35+,37-,39+/m0/s1. The number of benzene rings is 3. The van der Waals surface area contributed by atoms with Gasteiger partial charge in [0.05, 0.1) is 52.3 Å². The highest BCUT2D eigenvalue weighted by atomic mass is 79.9. The van der Waals surface area contributed by atoms with E-state index in [1.165, 1.54) is 12.3 Å². The minimum atomic E-state index is -2.33. The molecule has 1 fully saturated rings. The maximum absolute atomic E-state index is 14.9. The normalized spacial score (nSPS) is 22.0. The van der Waals surface area contributed by atoms with Crippen molar-refractivity contribution in [2.45, 2.75) is 75.4 Å². The summed E-state index contributed by atoms with van der Waals surface area (Å²) in [6.07, 6.45) is 3.86. The smallest absolute Gasteiger partial charge is 0.305 e. The van der Waals surface area contributed by atoms with Crippen LogP contribution in [0.25, 0.3) is 0 Å². The summed E-state index contributed by atoms with van der Waals surface area (Å²) in [5, 5.41) is 20.4. The van der Waals surface area contributed by atoms with Crippen LogP contribution in [0, 0.1) is 5.92 Å². The maximum atomic E-state index is 14.9. The van der Waals surface area contributed by atoms with Gasteiger partial charge in [-0.2, -0.15) is 0 Å². The van der Waals surface area contributed by atoms with Crippen LogP contribution >= 0.6 is 15.9 Å². The Labute approximate surface area is 309 Å². The number of aryl methyl sites for hydroxylation is 1. The van der Waals surface area contributed by atoms with Crippen molar-refractivity contribution in [2.75, 3.05) is 32.3 Å². The van der Waals surface area contributed by atoms with Gasteiger partial charge >= 0.3 is 5.97 Å². The topological polar surface area (TPSA) is 116 Å². The maximum Gasteiger partial charge on any atom is 0.305 e. The largest absolute Gasteiger partial charge is 0.497 e. The van der Waals surface area contributed by atoms with E-state index in [9.17, 15) is 14.7 Å². The quantitative estimate of drug-likeness (QED) is 0.0920. The Hall–Kier alpha value is -3.84. The number of rotatable bonds is 14. The molecule has 4 aromatic rings. The predicted molar refractivity (Wildman–Crippen MR) is 202 cm³/mol. The summed E-state index contributed by atoms with van der Waals surface area (Å²) in [5.74, 6) is 0.0856. The molecule has 0 radical (unpaired) electrons. The van der Waals surface area contributed by atoms with Crippen LogP contribution in [0.15, 0.2) is 83.5 Å². The van der Waals surface area contributed by atoms with Gasteiger partial charge in [-0.1, -0.05) is 88.8 Å². The molecule has 1 unspecified atom stereocenters. The lowest BCUT2D eigenvalue weighted by Crippen LogP contribution is -2.52. The van der Waals surface area contributed by atoms with Crippen molar-refractivity contribution >= 4 is 46.8 Å². The monoisotopic (exact) mass is 774 g/mol. The summed E-state index contributed by atoms with van der Waals surface area (Å²) >= 11 is 3.68. The number of aromatic nitrogens is 3. The minimum absolute atomic E-state index is 0.0510. The third-order valence-electron chi connectivity index (χ3n) is 11.0. The molecule has 1 saturated heterocycles. The lowest BCUT2D eigenvalue weighted by atomic mass is 9.82. The third kappa shape index (κ3) is 7.03. The highest BCUT2D eigenvalue weighted by Gasteiger charge is 2.66. The number of hydrogen-bond acceptors (Lipinski definition) is 8. The van der Waals surface area contributed by atoms with Gasteiger partial charge in [-0.3, -0.25) is 14.3 Å². The predicted octanol–water partition coefficient (Wildman–Crippen LogP) is 6.17. The number of esters is 1. The van der Waals surface area contributed by atoms with Crippen molar-refractivity contribution in [1.82, 2.24) is 15.0 Å². The molecule has 51 heavy (non-hydrogen) atoms. The SMILES string of the molecule is COC(=O)CCCCN1C(=O)[C@]2(O[C@H](CCn3cc(C(CO)c4ccccc4)nn3)[C@@H]([Si](C)(C)c3ccc(OC)cc3)[C@@H]2C)c2cc(Br)ccc21. The summed E-state index contributed by atoms with van der Waals surface area (Å²) in [6.45, 7) is 7.87. The number of carbonyl (C=O) groups is 2. The second-order valence-corrected chi connectivity index (χ2v) is 19.8. The van der Waals surface area contributed by atoms with Gasteiger partial charge in [-0.05, 0) is 60.7 Å². The van der Waals surface area contributed by atoms with E-state index in [1.54, 1.807) is 7.11 Å². The molecular formula is C39H47BrN4O6Si. The van der Waals surface area contributed by atoms with Gasteiger partial charge in [0.25, 0.3) is 5.91 Å². The van der Waals surface area contributed by atoms with E-state index in [0.717, 1.165) is 27.0 Å². The second kappa shape index (κ2) is 15.4. The van der Waals surface area contributed by atoms with Crippen LogP contribution in [0.4, 0.5) is 5.69 Å². The summed E-state index contributed by atoms with van der Waals surface area (Å²) < 4.78 is 20.3. The fraction of sp³-hybridized carbons (Fsp3) is 0.436. The van der Waals surface area contributed by atoms with Gasteiger partial charge in [-0.25, -0.2) is 0 Å². The number of nitrogens with zero attached hydrogens (tertiary/aromatic N) is 4.